The van der Waals surface area contributed by atoms with Crippen LogP contribution in [0.3, 0.4) is 0 Å². The van der Waals surface area contributed by atoms with Crippen molar-refractivity contribution in [3.05, 3.63) is 34.9 Å². The first-order chi connectivity index (χ1) is 11.0. The highest BCUT2D eigenvalue weighted by Crippen LogP contribution is 2.40. The van der Waals surface area contributed by atoms with Gasteiger partial charge in [0.15, 0.2) is 5.78 Å². The van der Waals surface area contributed by atoms with Gasteiger partial charge in [0, 0.05) is 0 Å². The van der Waals surface area contributed by atoms with Gasteiger partial charge in [-0.1, -0.05) is 19.4 Å². The summed E-state index contributed by atoms with van der Waals surface area (Å²) in [6.07, 6.45) is 5.12. The number of aliphatic hydroxyl groups excluding tert-OH is 1. The molecule has 0 aromatic heterocycles. The topological polar surface area (TPSA) is 93.1 Å². The molecule has 1 aliphatic heterocycles. The highest BCUT2D eigenvalue weighted by Gasteiger charge is 2.34. The molecule has 1 aromatic carbocycles. The van der Waals surface area contributed by atoms with Crippen LogP contribution in [0.1, 0.15) is 52.5 Å². The molecule has 2 rings (SSSR count). The number of aromatic carboxylic acids is 1. The van der Waals surface area contributed by atoms with E-state index >= 15 is 0 Å². The molecule has 23 heavy (non-hydrogen) atoms. The highest BCUT2D eigenvalue weighted by molar-refractivity contribution is 6.07. The second-order valence-electron chi connectivity index (χ2n) is 5.28. The lowest BCUT2D eigenvalue weighted by Crippen LogP contribution is -2.28. The molecule has 124 valence electrons. The van der Waals surface area contributed by atoms with Crippen LogP contribution in [0.2, 0.25) is 0 Å². The van der Waals surface area contributed by atoms with Gasteiger partial charge >= 0.3 is 5.97 Å². The van der Waals surface area contributed by atoms with Crippen molar-refractivity contribution in [1.29, 1.82) is 0 Å². The van der Waals surface area contributed by atoms with Crippen LogP contribution >= 0.6 is 0 Å². The number of hydrogen-bond acceptors (Lipinski definition) is 5. The Morgan fingerprint density at radius 1 is 1.52 bits per heavy atom. The third-order valence-corrected chi connectivity index (χ3v) is 3.67. The standard InChI is InChI=1S/C17H20O6/c1-3-4-5-6-11-8-12(19)15-13(22-2)7-10(9-18)14(17(20)21)16(15)23-11/h5-7,11,18H,3-4,8-9H2,1-2H3,(H,20,21)/b6-5+/t11-/m1/s1. The fraction of sp³-hybridized carbons (Fsp3) is 0.412. The lowest BCUT2D eigenvalue weighted by Gasteiger charge is -2.27. The van der Waals surface area contributed by atoms with Gasteiger partial charge in [-0.25, -0.2) is 4.79 Å². The van der Waals surface area contributed by atoms with Crippen LogP contribution in [0.4, 0.5) is 0 Å². The Morgan fingerprint density at radius 2 is 2.26 bits per heavy atom. The van der Waals surface area contributed by atoms with Crippen molar-refractivity contribution in [2.24, 2.45) is 0 Å². The van der Waals surface area contributed by atoms with Crippen molar-refractivity contribution in [3.63, 3.8) is 0 Å². The predicted molar refractivity (Wildman–Crippen MR) is 83.3 cm³/mol. The summed E-state index contributed by atoms with van der Waals surface area (Å²) in [6.45, 7) is 1.55. The summed E-state index contributed by atoms with van der Waals surface area (Å²) in [4.78, 5) is 24.0. The van der Waals surface area contributed by atoms with Gasteiger partial charge in [0.25, 0.3) is 0 Å². The van der Waals surface area contributed by atoms with Crippen molar-refractivity contribution in [2.45, 2.75) is 38.9 Å². The fourth-order valence-electron chi connectivity index (χ4n) is 2.59. The summed E-state index contributed by atoms with van der Waals surface area (Å²) in [5.41, 5.74) is 0.0894. The third-order valence-electron chi connectivity index (χ3n) is 3.67. The van der Waals surface area contributed by atoms with Crippen LogP contribution in [0, 0.1) is 0 Å². The number of carboxylic acid groups (broad SMARTS) is 1. The Bertz CT molecular complexity index is 625. The molecule has 0 unspecified atom stereocenters. The number of rotatable bonds is 6. The van der Waals surface area contributed by atoms with Crippen LogP contribution < -0.4 is 9.47 Å². The maximum Gasteiger partial charge on any atom is 0.339 e. The number of methoxy groups -OCH3 is 1. The maximum absolute atomic E-state index is 12.4. The van der Waals surface area contributed by atoms with Crippen LogP contribution in [0.5, 0.6) is 11.5 Å². The van der Waals surface area contributed by atoms with Crippen LogP contribution in [0.25, 0.3) is 0 Å². The molecule has 0 radical (unpaired) electrons. The molecule has 6 heteroatoms. The molecule has 1 aromatic rings. The van der Waals surface area contributed by atoms with Gasteiger partial charge in [0.05, 0.1) is 20.1 Å². The molecule has 1 atom stereocenters. The molecule has 0 bridgehead atoms. The van der Waals surface area contributed by atoms with E-state index < -0.39 is 18.7 Å². The number of ketones is 1. The second-order valence-corrected chi connectivity index (χ2v) is 5.28. The molecule has 6 nitrogen and oxygen atoms in total. The van der Waals surface area contributed by atoms with Gasteiger partial charge < -0.3 is 19.7 Å². The summed E-state index contributed by atoms with van der Waals surface area (Å²) in [7, 11) is 1.39. The molecule has 0 amide bonds. The zero-order valence-electron chi connectivity index (χ0n) is 13.2. The number of benzene rings is 1. The van der Waals surface area contributed by atoms with Crippen molar-refractivity contribution in [1.82, 2.24) is 0 Å². The molecule has 1 aliphatic rings. The molecule has 0 aliphatic carbocycles. The van der Waals surface area contributed by atoms with E-state index in [1.807, 2.05) is 13.0 Å². The molecular formula is C17H20O6. The van der Waals surface area contributed by atoms with Crippen molar-refractivity contribution in [3.8, 4) is 11.5 Å². The minimum Gasteiger partial charge on any atom is -0.496 e. The van der Waals surface area contributed by atoms with Crippen LogP contribution in [-0.2, 0) is 6.61 Å². The van der Waals surface area contributed by atoms with Crippen molar-refractivity contribution in [2.75, 3.05) is 7.11 Å². The summed E-state index contributed by atoms with van der Waals surface area (Å²) >= 11 is 0. The van der Waals surface area contributed by atoms with Gasteiger partial charge in [-0.2, -0.15) is 0 Å². The first-order valence-electron chi connectivity index (χ1n) is 7.48. The number of fused-ring (bicyclic) bond motifs is 1. The molecular weight excluding hydrogens is 300 g/mol. The average Bonchev–Trinajstić information content (AvgIpc) is 2.52. The fourth-order valence-corrected chi connectivity index (χ4v) is 2.59. The lowest BCUT2D eigenvalue weighted by atomic mass is 9.93. The first kappa shape index (κ1) is 17.0. The Hall–Kier alpha value is -2.34. The van der Waals surface area contributed by atoms with Gasteiger partial charge in [-0.15, -0.1) is 0 Å². The Balaban J connectivity index is 2.55. The Kier molecular flexibility index (Phi) is 5.39. The summed E-state index contributed by atoms with van der Waals surface area (Å²) in [5, 5.41) is 18.9. The number of ether oxygens (including phenoxy) is 2. The molecule has 0 spiro atoms. The molecule has 0 fully saturated rings. The summed E-state index contributed by atoms with van der Waals surface area (Å²) in [6, 6.07) is 1.37. The number of aliphatic hydroxyl groups is 1. The molecule has 0 saturated heterocycles. The van der Waals surface area contributed by atoms with Gasteiger partial charge in [-0.3, -0.25) is 4.79 Å². The largest absolute Gasteiger partial charge is 0.496 e. The minimum atomic E-state index is -1.25. The molecule has 1 heterocycles. The molecule has 2 N–H and O–H groups in total. The Morgan fingerprint density at radius 3 is 2.83 bits per heavy atom. The van der Waals surface area contributed by atoms with Crippen LogP contribution in [0.15, 0.2) is 18.2 Å². The third kappa shape index (κ3) is 3.37. The predicted octanol–water partition coefficient (Wildman–Crippen LogP) is 2.58. The zero-order chi connectivity index (χ0) is 17.0. The number of allylic oxidation sites excluding steroid dienone is 1. The van der Waals surface area contributed by atoms with E-state index in [1.54, 1.807) is 6.08 Å². The summed E-state index contributed by atoms with van der Waals surface area (Å²) in [5.74, 6) is -1.29. The number of hydrogen-bond donors (Lipinski definition) is 2. The normalized spacial score (nSPS) is 17.0. The summed E-state index contributed by atoms with van der Waals surface area (Å²) < 4.78 is 10.9. The van der Waals surface area contributed by atoms with E-state index in [1.165, 1.54) is 13.2 Å². The van der Waals surface area contributed by atoms with E-state index in [4.69, 9.17) is 9.47 Å². The number of carbonyl (C=O) groups is 2. The van der Waals surface area contributed by atoms with E-state index in [0.717, 1.165) is 12.8 Å². The smallest absolute Gasteiger partial charge is 0.339 e. The maximum atomic E-state index is 12.4. The van der Waals surface area contributed by atoms with Crippen molar-refractivity contribution >= 4 is 11.8 Å². The highest BCUT2D eigenvalue weighted by atomic mass is 16.5. The van der Waals surface area contributed by atoms with Gasteiger partial charge in [0.1, 0.15) is 28.7 Å². The van der Waals surface area contributed by atoms with E-state index in [-0.39, 0.29) is 40.4 Å². The lowest BCUT2D eigenvalue weighted by molar-refractivity contribution is 0.0683. The number of unbranched alkanes of at least 4 members (excludes halogenated alkanes) is 1. The van der Waals surface area contributed by atoms with E-state index in [9.17, 15) is 19.8 Å². The van der Waals surface area contributed by atoms with Crippen molar-refractivity contribution < 1.29 is 29.3 Å². The molecule has 0 saturated carbocycles. The average molecular weight is 320 g/mol. The monoisotopic (exact) mass is 320 g/mol. The van der Waals surface area contributed by atoms with E-state index in [2.05, 4.69) is 0 Å². The Labute approximate surface area is 134 Å². The minimum absolute atomic E-state index is 0.0247. The first-order valence-corrected chi connectivity index (χ1v) is 7.48. The number of carbonyl (C=O) groups excluding carboxylic acids is 1. The van der Waals surface area contributed by atoms with Gasteiger partial charge in [0.2, 0.25) is 0 Å². The quantitative estimate of drug-likeness (QED) is 0.783. The van der Waals surface area contributed by atoms with Crippen LogP contribution in [-0.4, -0.2) is 35.2 Å². The van der Waals surface area contributed by atoms with Gasteiger partial charge in [-0.05, 0) is 24.1 Å². The zero-order valence-corrected chi connectivity index (χ0v) is 13.2. The number of Topliss-reactive ketones (excluding diaryl/α,β-unsaturated/α-hetero) is 1. The number of carboxylic acids is 1. The second kappa shape index (κ2) is 7.28. The van der Waals surface area contributed by atoms with E-state index in [0.29, 0.717) is 0 Å². The SMILES string of the molecule is CCC/C=C/[C@@H]1CC(=O)c2c(OC)cc(CO)c(C(=O)O)c2O1.